The van der Waals surface area contributed by atoms with Crippen molar-refractivity contribution in [3.05, 3.63) is 11.1 Å². The molecule has 0 spiro atoms. The predicted molar refractivity (Wildman–Crippen MR) is 79.5 cm³/mol. The van der Waals surface area contributed by atoms with Gasteiger partial charge in [0.1, 0.15) is 5.84 Å². The molecule has 0 amide bonds. The molecule has 0 saturated heterocycles. The van der Waals surface area contributed by atoms with E-state index in [1.165, 1.54) is 56.9 Å². The van der Waals surface area contributed by atoms with Gasteiger partial charge in [-0.15, -0.1) is 0 Å². The smallest absolute Gasteiger partial charge is 0.150 e. The van der Waals surface area contributed by atoms with Crippen molar-refractivity contribution in [2.24, 2.45) is 22.6 Å². The van der Waals surface area contributed by atoms with Gasteiger partial charge in [-0.3, -0.25) is 5.41 Å². The lowest BCUT2D eigenvalue weighted by molar-refractivity contribution is 0.246. The molecule has 104 valence electrons. The van der Waals surface area contributed by atoms with Gasteiger partial charge in [0.2, 0.25) is 0 Å². The molecular weight excluding hydrogens is 234 g/mol. The topological polar surface area (TPSA) is 62.2 Å². The Morgan fingerprint density at radius 1 is 0.842 bits per heavy atom. The average Bonchev–Trinajstić information content (AvgIpc) is 2.65. The highest BCUT2D eigenvalue weighted by Gasteiger charge is 2.25. The molecule has 0 aromatic carbocycles. The summed E-state index contributed by atoms with van der Waals surface area (Å²) in [6.07, 6.45) is 12.9. The number of aliphatic imine (C=N–C) groups is 1. The van der Waals surface area contributed by atoms with Gasteiger partial charge in [-0.25, -0.2) is 4.99 Å². The van der Waals surface area contributed by atoms with Crippen LogP contribution in [0, 0.1) is 17.2 Å². The van der Waals surface area contributed by atoms with Gasteiger partial charge in [0.15, 0.2) is 5.84 Å². The molecule has 0 aromatic rings. The van der Waals surface area contributed by atoms with E-state index in [2.05, 4.69) is 4.99 Å². The van der Waals surface area contributed by atoms with Crippen molar-refractivity contribution in [1.29, 1.82) is 5.41 Å². The fraction of sp³-hybridized carbons (Fsp3) is 0.750. The Kier molecular flexibility index (Phi) is 3.72. The van der Waals surface area contributed by atoms with E-state index in [-0.39, 0.29) is 0 Å². The van der Waals surface area contributed by atoms with Crippen molar-refractivity contribution >= 4 is 11.7 Å². The zero-order valence-electron chi connectivity index (χ0n) is 11.8. The molecule has 3 nitrogen and oxygen atoms in total. The first-order valence-electron chi connectivity index (χ1n) is 7.89. The third kappa shape index (κ3) is 2.75. The van der Waals surface area contributed by atoms with E-state index in [0.717, 1.165) is 30.3 Å². The van der Waals surface area contributed by atoms with Crippen LogP contribution in [0.25, 0.3) is 0 Å². The molecule has 0 aromatic heterocycles. The zero-order valence-corrected chi connectivity index (χ0v) is 11.8. The first-order valence-corrected chi connectivity index (χ1v) is 7.89. The van der Waals surface area contributed by atoms with Crippen LogP contribution in [-0.4, -0.2) is 11.7 Å². The van der Waals surface area contributed by atoms with E-state index in [0.29, 0.717) is 11.7 Å². The highest BCUT2D eigenvalue weighted by molar-refractivity contribution is 6.18. The van der Waals surface area contributed by atoms with Gasteiger partial charge in [0.05, 0.1) is 0 Å². The lowest BCUT2D eigenvalue weighted by Gasteiger charge is -2.29. The van der Waals surface area contributed by atoms with Gasteiger partial charge < -0.3 is 5.73 Å². The van der Waals surface area contributed by atoms with E-state index in [4.69, 9.17) is 11.1 Å². The molecule has 4 rings (SSSR count). The van der Waals surface area contributed by atoms with E-state index in [1.54, 1.807) is 0 Å². The maximum absolute atomic E-state index is 7.98. The van der Waals surface area contributed by atoms with Gasteiger partial charge >= 0.3 is 0 Å². The van der Waals surface area contributed by atoms with Crippen molar-refractivity contribution in [2.45, 2.75) is 64.2 Å². The van der Waals surface area contributed by atoms with Crippen LogP contribution >= 0.6 is 0 Å². The van der Waals surface area contributed by atoms with Crippen LogP contribution in [0.15, 0.2) is 16.1 Å². The number of rotatable bonds is 0. The van der Waals surface area contributed by atoms with Gasteiger partial charge in [0.25, 0.3) is 0 Å². The summed E-state index contributed by atoms with van der Waals surface area (Å²) in [5, 5.41) is 7.98. The Labute approximate surface area is 115 Å². The lowest BCUT2D eigenvalue weighted by atomic mass is 9.77. The van der Waals surface area contributed by atoms with Crippen LogP contribution < -0.4 is 5.73 Å². The molecular formula is C16H25N3. The minimum absolute atomic E-state index is 0.440. The van der Waals surface area contributed by atoms with Gasteiger partial charge in [-0.05, 0) is 37.5 Å². The maximum Gasteiger partial charge on any atom is 0.150 e. The molecule has 1 fully saturated rings. The molecule has 0 radical (unpaired) electrons. The first-order chi connectivity index (χ1) is 9.24. The second-order valence-electron chi connectivity index (χ2n) is 6.47. The maximum atomic E-state index is 7.98. The van der Waals surface area contributed by atoms with Crippen LogP contribution in [0.2, 0.25) is 0 Å². The Bertz CT molecular complexity index is 425. The van der Waals surface area contributed by atoms with Crippen molar-refractivity contribution in [3.63, 3.8) is 0 Å². The average molecular weight is 259 g/mol. The monoisotopic (exact) mass is 259 g/mol. The van der Waals surface area contributed by atoms with Gasteiger partial charge in [-0.2, -0.15) is 0 Å². The number of amidine groups is 2. The summed E-state index contributed by atoms with van der Waals surface area (Å²) < 4.78 is 0. The summed E-state index contributed by atoms with van der Waals surface area (Å²) in [7, 11) is 0. The number of nitrogens with zero attached hydrogens (tertiary/aromatic N) is 1. The third-order valence-corrected chi connectivity index (χ3v) is 5.24. The van der Waals surface area contributed by atoms with Gasteiger partial charge in [0, 0.05) is 11.1 Å². The Morgan fingerprint density at radius 2 is 1.37 bits per heavy atom. The predicted octanol–water partition coefficient (Wildman–Crippen LogP) is 3.79. The summed E-state index contributed by atoms with van der Waals surface area (Å²) in [5.41, 5.74) is 8.33. The highest BCUT2D eigenvalue weighted by Crippen LogP contribution is 2.36. The van der Waals surface area contributed by atoms with Crippen LogP contribution in [0.4, 0.5) is 0 Å². The lowest BCUT2D eigenvalue weighted by Crippen LogP contribution is -2.17. The summed E-state index contributed by atoms with van der Waals surface area (Å²) in [4.78, 5) is 4.18. The number of hydrogen-bond donors (Lipinski definition) is 2. The fourth-order valence-corrected chi connectivity index (χ4v) is 4.05. The molecule has 3 heteroatoms. The SMILES string of the molecule is N=C1N=C(N)C2=C1CCCC1CCC(CCC2)CC1. The Morgan fingerprint density at radius 3 is 1.95 bits per heavy atom. The number of nitrogens with two attached hydrogens (primary N) is 1. The summed E-state index contributed by atoms with van der Waals surface area (Å²) in [6, 6.07) is 0. The van der Waals surface area contributed by atoms with E-state index in [9.17, 15) is 0 Å². The summed E-state index contributed by atoms with van der Waals surface area (Å²) >= 11 is 0. The second kappa shape index (κ2) is 5.48. The van der Waals surface area contributed by atoms with Gasteiger partial charge in [-0.1, -0.05) is 38.5 Å². The second-order valence-corrected chi connectivity index (χ2v) is 6.47. The van der Waals surface area contributed by atoms with Crippen molar-refractivity contribution in [3.8, 4) is 0 Å². The normalized spacial score (nSPS) is 32.6. The van der Waals surface area contributed by atoms with Crippen molar-refractivity contribution in [2.75, 3.05) is 0 Å². The number of hydrogen-bond acceptors (Lipinski definition) is 2. The zero-order chi connectivity index (χ0) is 13.2. The first kappa shape index (κ1) is 12.9. The van der Waals surface area contributed by atoms with Crippen LogP contribution in [0.3, 0.4) is 0 Å². The van der Waals surface area contributed by atoms with E-state index < -0.39 is 0 Å². The molecule has 19 heavy (non-hydrogen) atoms. The van der Waals surface area contributed by atoms with Crippen molar-refractivity contribution < 1.29 is 0 Å². The summed E-state index contributed by atoms with van der Waals surface area (Å²) in [5.74, 6) is 2.95. The molecule has 2 bridgehead atoms. The van der Waals surface area contributed by atoms with Crippen molar-refractivity contribution in [1.82, 2.24) is 0 Å². The molecule has 3 N–H and O–H groups in total. The Hall–Kier alpha value is -1.12. The van der Waals surface area contributed by atoms with Crippen LogP contribution in [0.1, 0.15) is 64.2 Å². The molecule has 0 atom stereocenters. The van der Waals surface area contributed by atoms with Crippen LogP contribution in [-0.2, 0) is 0 Å². The minimum atomic E-state index is 0.440. The largest absolute Gasteiger partial charge is 0.383 e. The van der Waals surface area contributed by atoms with E-state index >= 15 is 0 Å². The quantitative estimate of drug-likeness (QED) is 0.683. The highest BCUT2D eigenvalue weighted by atomic mass is 14.9. The molecule has 0 unspecified atom stereocenters. The van der Waals surface area contributed by atoms with Crippen LogP contribution in [0.5, 0.6) is 0 Å². The standard InChI is InChI=1S/C16H25N3/c17-15-13-5-1-3-11-7-9-12(10-8-11)4-2-6-14(13)16(18)19-15/h11-12H,1-10H2,(H3,17,18,19). The minimum Gasteiger partial charge on any atom is -0.383 e. The number of fused-ring (bicyclic) bond motifs is 6. The number of nitrogens with one attached hydrogen (secondary N) is 1. The Balaban J connectivity index is 1.75. The summed E-state index contributed by atoms with van der Waals surface area (Å²) in [6.45, 7) is 0. The molecule has 1 aliphatic heterocycles. The molecule has 4 aliphatic rings. The van der Waals surface area contributed by atoms with E-state index in [1.807, 2.05) is 0 Å². The molecule has 1 heterocycles. The fourth-order valence-electron chi connectivity index (χ4n) is 4.05. The molecule has 1 saturated carbocycles. The third-order valence-electron chi connectivity index (χ3n) is 5.24. The molecule has 3 aliphatic carbocycles.